The third-order valence-electron chi connectivity index (χ3n) is 6.87. The van der Waals surface area contributed by atoms with Crippen molar-refractivity contribution in [3.8, 4) is 11.8 Å². The van der Waals surface area contributed by atoms with Crippen molar-refractivity contribution < 1.29 is 31.5 Å². The lowest BCUT2D eigenvalue weighted by atomic mass is 9.94. The molecular formula is C24H32F2N4O5S. The minimum absolute atomic E-state index is 0.0772. The van der Waals surface area contributed by atoms with E-state index in [1.807, 2.05) is 0 Å². The number of nitrogens with zero attached hydrogens (tertiary/aromatic N) is 4. The Morgan fingerprint density at radius 1 is 1.00 bits per heavy atom. The quantitative estimate of drug-likeness (QED) is 0.562. The van der Waals surface area contributed by atoms with E-state index in [2.05, 4.69) is 9.97 Å². The summed E-state index contributed by atoms with van der Waals surface area (Å²) in [6.45, 7) is 4.98. The van der Waals surface area contributed by atoms with Gasteiger partial charge in [-0.3, -0.25) is 4.79 Å². The highest BCUT2D eigenvalue weighted by molar-refractivity contribution is 7.88. The molecule has 198 valence electrons. The summed E-state index contributed by atoms with van der Waals surface area (Å²) >= 11 is 0. The summed E-state index contributed by atoms with van der Waals surface area (Å²) in [5, 5.41) is 0. The first-order valence-corrected chi connectivity index (χ1v) is 14.0. The van der Waals surface area contributed by atoms with Crippen LogP contribution in [0.4, 0.5) is 8.78 Å². The molecule has 4 rings (SSSR count). The molecule has 3 aliphatic rings. The van der Waals surface area contributed by atoms with E-state index in [1.165, 1.54) is 23.0 Å². The van der Waals surface area contributed by atoms with Crippen LogP contribution < -0.4 is 9.47 Å². The largest absolute Gasteiger partial charge is 0.474 e. The minimum atomic E-state index is -3.21. The van der Waals surface area contributed by atoms with Gasteiger partial charge in [0.1, 0.15) is 30.5 Å². The van der Waals surface area contributed by atoms with Crippen molar-refractivity contribution in [3.63, 3.8) is 0 Å². The van der Waals surface area contributed by atoms with E-state index in [9.17, 15) is 22.0 Å². The first kappa shape index (κ1) is 26.5. The first-order valence-electron chi connectivity index (χ1n) is 12.2. The number of alkyl halides is 1. The number of carbonyl (C=O) groups excluding carboxylic acids is 1. The van der Waals surface area contributed by atoms with Gasteiger partial charge < -0.3 is 14.4 Å². The molecule has 1 aliphatic carbocycles. The van der Waals surface area contributed by atoms with Crippen LogP contribution in [0.3, 0.4) is 0 Å². The molecule has 2 aliphatic heterocycles. The number of sulfonamides is 1. The van der Waals surface area contributed by atoms with Crippen molar-refractivity contribution >= 4 is 15.9 Å². The van der Waals surface area contributed by atoms with Crippen LogP contribution >= 0.6 is 0 Å². The number of piperidine rings is 2. The van der Waals surface area contributed by atoms with Gasteiger partial charge in [-0.2, -0.15) is 0 Å². The molecule has 0 bridgehead atoms. The van der Waals surface area contributed by atoms with Crippen LogP contribution in [0.25, 0.3) is 0 Å². The molecular weight excluding hydrogens is 494 g/mol. The zero-order chi connectivity index (χ0) is 26.0. The van der Waals surface area contributed by atoms with Gasteiger partial charge in [-0.15, -0.1) is 0 Å². The Morgan fingerprint density at radius 2 is 1.53 bits per heavy atom. The fourth-order valence-corrected chi connectivity index (χ4v) is 5.46. The maximum atomic E-state index is 14.2. The number of hydrogen-bond acceptors (Lipinski definition) is 7. The van der Waals surface area contributed by atoms with Gasteiger partial charge in [0.05, 0.1) is 17.4 Å². The molecule has 2 saturated heterocycles. The Morgan fingerprint density at radius 3 is 2.06 bits per heavy atom. The van der Waals surface area contributed by atoms with Gasteiger partial charge in [0, 0.05) is 44.9 Å². The molecule has 3 heterocycles. The van der Waals surface area contributed by atoms with Gasteiger partial charge in [-0.05, 0) is 25.8 Å². The third kappa shape index (κ3) is 6.03. The molecule has 0 spiro atoms. The van der Waals surface area contributed by atoms with Crippen LogP contribution in [-0.2, 0) is 14.8 Å². The average Bonchev–Trinajstić information content (AvgIpc) is 2.84. The monoisotopic (exact) mass is 526 g/mol. The molecule has 2 fully saturated rings. The van der Waals surface area contributed by atoms with Gasteiger partial charge in [0.15, 0.2) is 0 Å². The number of likely N-dealkylation sites (tertiary alicyclic amines) is 1. The summed E-state index contributed by atoms with van der Waals surface area (Å²) in [6, 6.07) is 0. The maximum absolute atomic E-state index is 14.2. The zero-order valence-electron chi connectivity index (χ0n) is 20.7. The van der Waals surface area contributed by atoms with Crippen LogP contribution in [-0.4, -0.2) is 84.3 Å². The molecule has 0 aromatic carbocycles. The van der Waals surface area contributed by atoms with E-state index in [-0.39, 0.29) is 17.8 Å². The topological polar surface area (TPSA) is 102 Å². The second kappa shape index (κ2) is 10.8. The van der Waals surface area contributed by atoms with E-state index in [0.29, 0.717) is 69.2 Å². The Hall–Kier alpha value is -2.60. The fourth-order valence-electron chi connectivity index (χ4n) is 4.59. The normalized spacial score (nSPS) is 24.8. The van der Waals surface area contributed by atoms with Crippen LogP contribution in [0, 0.1) is 12.8 Å². The summed E-state index contributed by atoms with van der Waals surface area (Å²) in [5.41, 5.74) is 0.572. The minimum Gasteiger partial charge on any atom is -0.474 e. The van der Waals surface area contributed by atoms with Crippen molar-refractivity contribution in [2.45, 2.75) is 57.9 Å². The predicted octanol–water partition coefficient (Wildman–Crippen LogP) is 2.73. The van der Waals surface area contributed by atoms with Crippen molar-refractivity contribution in [2.75, 3.05) is 32.4 Å². The second-order valence-electron chi connectivity index (χ2n) is 9.60. The predicted molar refractivity (Wildman–Crippen MR) is 128 cm³/mol. The Balaban J connectivity index is 1.31. The molecule has 1 amide bonds. The lowest BCUT2D eigenvalue weighted by Gasteiger charge is -2.33. The number of amides is 1. The zero-order valence-corrected chi connectivity index (χ0v) is 21.5. The molecule has 12 heteroatoms. The third-order valence-corrected chi connectivity index (χ3v) is 8.18. The molecule has 9 nitrogen and oxygen atoms in total. The van der Waals surface area contributed by atoms with E-state index in [4.69, 9.17) is 9.47 Å². The summed E-state index contributed by atoms with van der Waals surface area (Å²) in [7, 11) is -3.21. The molecule has 0 saturated carbocycles. The van der Waals surface area contributed by atoms with E-state index in [1.54, 1.807) is 18.7 Å². The number of carbonyl (C=O) groups is 1. The number of aromatic nitrogens is 2. The molecule has 0 radical (unpaired) electrons. The molecule has 2 unspecified atom stereocenters. The Labute approximate surface area is 210 Å². The van der Waals surface area contributed by atoms with Crippen molar-refractivity contribution in [2.24, 2.45) is 5.92 Å². The second-order valence-corrected chi connectivity index (χ2v) is 11.6. The summed E-state index contributed by atoms with van der Waals surface area (Å²) in [6.07, 6.45) is 5.23. The lowest BCUT2D eigenvalue weighted by molar-refractivity contribution is -0.128. The number of rotatable bonds is 6. The maximum Gasteiger partial charge on any atom is 0.256 e. The van der Waals surface area contributed by atoms with E-state index in [0.717, 1.165) is 6.08 Å². The molecule has 36 heavy (non-hydrogen) atoms. The van der Waals surface area contributed by atoms with Crippen molar-refractivity contribution in [1.82, 2.24) is 19.2 Å². The van der Waals surface area contributed by atoms with Gasteiger partial charge in [0.25, 0.3) is 5.91 Å². The number of allylic oxidation sites excluding steroid dienone is 2. The Bertz CT molecular complexity index is 1140. The number of hydrogen-bond donors (Lipinski definition) is 0. The van der Waals surface area contributed by atoms with Gasteiger partial charge in [0.2, 0.25) is 21.8 Å². The summed E-state index contributed by atoms with van der Waals surface area (Å²) < 4.78 is 64.9. The summed E-state index contributed by atoms with van der Waals surface area (Å²) in [4.78, 5) is 22.8. The number of halogens is 2. The van der Waals surface area contributed by atoms with Gasteiger partial charge >= 0.3 is 0 Å². The lowest BCUT2D eigenvalue weighted by Crippen LogP contribution is -2.43. The molecule has 2 atom stereocenters. The van der Waals surface area contributed by atoms with E-state index < -0.39 is 33.8 Å². The standard InChI is InChI=1S/C24H32F2N4O5S/c1-15-12-19(21(26)13-20(15)25)24(31)29-8-4-17(5-9-29)34-22-16(2)23(28-14-27-22)35-18-6-10-30(11-7-18)36(3,32)33/h12-15,17-18,20H,4-11H2,1-3H3. The fraction of sp³-hybridized carbons (Fsp3) is 0.625. The van der Waals surface area contributed by atoms with Crippen LogP contribution in [0.15, 0.2) is 29.9 Å². The molecule has 1 aromatic heterocycles. The molecule has 1 aromatic rings. The van der Waals surface area contributed by atoms with Crippen LogP contribution in [0.5, 0.6) is 11.8 Å². The highest BCUT2D eigenvalue weighted by atomic mass is 32.2. The highest BCUT2D eigenvalue weighted by Crippen LogP contribution is 2.30. The van der Waals surface area contributed by atoms with Crippen LogP contribution in [0.1, 0.15) is 38.2 Å². The smallest absolute Gasteiger partial charge is 0.256 e. The Kier molecular flexibility index (Phi) is 7.93. The van der Waals surface area contributed by atoms with E-state index >= 15 is 0 Å². The first-order chi connectivity index (χ1) is 17.0. The van der Waals surface area contributed by atoms with Gasteiger partial charge in [-0.25, -0.2) is 31.5 Å². The molecule has 0 N–H and O–H groups in total. The highest BCUT2D eigenvalue weighted by Gasteiger charge is 2.32. The average molecular weight is 527 g/mol. The SMILES string of the molecule is Cc1c(OC2CCN(C(=O)C3=CC(C)C(F)C=C3F)CC2)ncnc1OC1CCN(S(C)(=O)=O)CC1. The summed E-state index contributed by atoms with van der Waals surface area (Å²) in [5.74, 6) is -0.997. The van der Waals surface area contributed by atoms with Crippen molar-refractivity contribution in [3.05, 3.63) is 35.4 Å². The van der Waals surface area contributed by atoms with Gasteiger partial charge in [-0.1, -0.05) is 13.0 Å². The van der Waals surface area contributed by atoms with Crippen LogP contribution in [0.2, 0.25) is 0 Å². The van der Waals surface area contributed by atoms with Crippen molar-refractivity contribution in [1.29, 1.82) is 0 Å². The number of ether oxygens (including phenoxy) is 2.